The number of rotatable bonds is 9. The zero-order valence-electron chi connectivity index (χ0n) is 13.4. The van der Waals surface area contributed by atoms with Crippen molar-refractivity contribution in [1.29, 1.82) is 0 Å². The van der Waals surface area contributed by atoms with E-state index in [0.29, 0.717) is 34.4 Å². The average molecular weight is 382 g/mol. The summed E-state index contributed by atoms with van der Waals surface area (Å²) in [4.78, 5) is 36.2. The van der Waals surface area contributed by atoms with Crippen LogP contribution in [0.4, 0.5) is 0 Å². The molecule has 1 aliphatic heterocycles. The number of thiocarbonyl (C=S) groups is 1. The van der Waals surface area contributed by atoms with Crippen LogP contribution in [0.5, 0.6) is 0 Å². The van der Waals surface area contributed by atoms with Crippen LogP contribution in [-0.2, 0) is 14.4 Å². The number of aliphatic carboxylic acids is 1. The van der Waals surface area contributed by atoms with E-state index in [0.717, 1.165) is 6.42 Å². The van der Waals surface area contributed by atoms with Crippen molar-refractivity contribution in [2.75, 3.05) is 13.1 Å². The summed E-state index contributed by atoms with van der Waals surface area (Å²) in [6, 6.07) is 3.52. The molecule has 1 saturated heterocycles. The molecule has 0 aliphatic carbocycles. The molecule has 0 aromatic carbocycles. The Hall–Kier alpha value is -2.13. The lowest BCUT2D eigenvalue weighted by atomic mass is 10.2. The number of amides is 2. The summed E-state index contributed by atoms with van der Waals surface area (Å²) in [5.74, 6) is -0.877. The van der Waals surface area contributed by atoms with Crippen LogP contribution in [0.2, 0.25) is 0 Å². The van der Waals surface area contributed by atoms with Crippen molar-refractivity contribution >= 4 is 52.2 Å². The summed E-state index contributed by atoms with van der Waals surface area (Å²) in [5.41, 5.74) is 0. The molecule has 25 heavy (non-hydrogen) atoms. The average Bonchev–Trinajstić information content (AvgIpc) is 3.16. The molecule has 2 heterocycles. The van der Waals surface area contributed by atoms with Crippen LogP contribution in [0.3, 0.4) is 0 Å². The largest absolute Gasteiger partial charge is 0.480 e. The number of nitrogens with one attached hydrogen (secondary N) is 1. The van der Waals surface area contributed by atoms with Gasteiger partial charge in [0.2, 0.25) is 5.91 Å². The molecule has 0 atom stereocenters. The number of hydrogen-bond donors (Lipinski definition) is 2. The summed E-state index contributed by atoms with van der Waals surface area (Å²) in [7, 11) is 0. The number of carboxylic acids is 1. The first-order valence-corrected chi connectivity index (χ1v) is 8.97. The molecule has 1 aromatic rings. The van der Waals surface area contributed by atoms with E-state index < -0.39 is 5.97 Å². The molecule has 2 amide bonds. The molecular weight excluding hydrogens is 364 g/mol. The third kappa shape index (κ3) is 6.02. The SMILES string of the molecule is O=C(O)CNC(=O)CCCCCN1C(=O)/C(=C/c2ccco2)SC1=S. The molecule has 1 aromatic heterocycles. The fourth-order valence-corrected chi connectivity index (χ4v) is 3.48. The molecule has 0 radical (unpaired) electrons. The highest BCUT2D eigenvalue weighted by molar-refractivity contribution is 8.26. The number of nitrogens with zero attached hydrogens (tertiary/aromatic N) is 1. The van der Waals surface area contributed by atoms with Crippen molar-refractivity contribution in [1.82, 2.24) is 10.2 Å². The van der Waals surface area contributed by atoms with Crippen LogP contribution >= 0.6 is 24.0 Å². The Balaban J connectivity index is 1.70. The van der Waals surface area contributed by atoms with E-state index in [1.807, 2.05) is 0 Å². The van der Waals surface area contributed by atoms with E-state index in [9.17, 15) is 14.4 Å². The van der Waals surface area contributed by atoms with E-state index in [1.165, 1.54) is 11.8 Å². The minimum atomic E-state index is -1.06. The zero-order valence-corrected chi connectivity index (χ0v) is 15.0. The molecule has 0 bridgehead atoms. The van der Waals surface area contributed by atoms with Gasteiger partial charge in [-0.3, -0.25) is 19.3 Å². The molecule has 0 spiro atoms. The van der Waals surface area contributed by atoms with E-state index in [4.69, 9.17) is 21.7 Å². The number of carbonyl (C=O) groups is 3. The van der Waals surface area contributed by atoms with Crippen LogP contribution in [0.1, 0.15) is 31.4 Å². The number of hydrogen-bond acceptors (Lipinski definition) is 6. The fourth-order valence-electron chi connectivity index (χ4n) is 2.19. The maximum atomic E-state index is 12.4. The molecule has 7 nitrogen and oxygen atoms in total. The summed E-state index contributed by atoms with van der Waals surface area (Å²) in [5, 5.41) is 10.8. The van der Waals surface area contributed by atoms with Crippen molar-refractivity contribution in [3.8, 4) is 0 Å². The first-order chi connectivity index (χ1) is 12.0. The highest BCUT2D eigenvalue weighted by atomic mass is 32.2. The normalized spacial score (nSPS) is 15.8. The highest BCUT2D eigenvalue weighted by Crippen LogP contribution is 2.32. The Morgan fingerprint density at radius 1 is 1.36 bits per heavy atom. The Morgan fingerprint density at radius 3 is 2.84 bits per heavy atom. The van der Waals surface area contributed by atoms with Crippen LogP contribution in [0.25, 0.3) is 6.08 Å². The smallest absolute Gasteiger partial charge is 0.322 e. The van der Waals surface area contributed by atoms with Gasteiger partial charge in [0.05, 0.1) is 11.2 Å². The number of carboxylic acid groups (broad SMARTS) is 1. The van der Waals surface area contributed by atoms with E-state index in [1.54, 1.807) is 29.4 Å². The Labute approximate surface area is 154 Å². The monoisotopic (exact) mass is 382 g/mol. The van der Waals surface area contributed by atoms with Gasteiger partial charge in [0.1, 0.15) is 16.6 Å². The van der Waals surface area contributed by atoms with Gasteiger partial charge in [-0.05, 0) is 25.0 Å². The second kappa shape index (κ2) is 9.38. The first kappa shape index (κ1) is 19.2. The molecule has 9 heteroatoms. The number of unbranched alkanes of at least 4 members (excludes halogenated alkanes) is 2. The molecule has 0 saturated carbocycles. The maximum Gasteiger partial charge on any atom is 0.322 e. The van der Waals surface area contributed by atoms with Gasteiger partial charge in [-0.1, -0.05) is 30.4 Å². The van der Waals surface area contributed by atoms with Crippen molar-refractivity contribution < 1.29 is 23.9 Å². The Kier molecular flexibility index (Phi) is 7.20. The minimum absolute atomic E-state index is 0.134. The summed E-state index contributed by atoms with van der Waals surface area (Å²) < 4.78 is 5.72. The zero-order chi connectivity index (χ0) is 18.2. The second-order valence-electron chi connectivity index (χ2n) is 5.33. The van der Waals surface area contributed by atoms with Gasteiger partial charge in [0, 0.05) is 19.0 Å². The van der Waals surface area contributed by atoms with E-state index >= 15 is 0 Å². The van der Waals surface area contributed by atoms with Crippen molar-refractivity contribution in [3.05, 3.63) is 29.1 Å². The number of carbonyl (C=O) groups excluding carboxylic acids is 2. The highest BCUT2D eigenvalue weighted by Gasteiger charge is 2.31. The Bertz CT molecular complexity index is 685. The molecular formula is C16H18N2O5S2. The van der Waals surface area contributed by atoms with E-state index in [-0.39, 0.29) is 24.8 Å². The third-order valence-corrected chi connectivity index (χ3v) is 4.79. The van der Waals surface area contributed by atoms with Crippen molar-refractivity contribution in [2.45, 2.75) is 25.7 Å². The summed E-state index contributed by atoms with van der Waals surface area (Å²) in [6.45, 7) is 0.133. The van der Waals surface area contributed by atoms with Crippen LogP contribution in [0.15, 0.2) is 27.7 Å². The second-order valence-corrected chi connectivity index (χ2v) is 7.01. The topological polar surface area (TPSA) is 99.9 Å². The standard InChI is InChI=1S/C16H18N2O5S2/c19-13(17-10-14(20)21)6-2-1-3-7-18-15(22)12(25-16(18)24)9-11-5-4-8-23-11/h4-5,8-9H,1-3,6-7,10H2,(H,17,19)(H,20,21)/b12-9-. The van der Waals surface area contributed by atoms with Gasteiger partial charge in [-0.25, -0.2) is 0 Å². The Morgan fingerprint density at radius 2 is 2.16 bits per heavy atom. The predicted octanol–water partition coefficient (Wildman–Crippen LogP) is 2.24. The summed E-state index contributed by atoms with van der Waals surface area (Å²) in [6.07, 6.45) is 5.57. The van der Waals surface area contributed by atoms with Crippen molar-refractivity contribution in [2.24, 2.45) is 0 Å². The van der Waals surface area contributed by atoms with Gasteiger partial charge in [0.25, 0.3) is 5.91 Å². The fraction of sp³-hybridized carbons (Fsp3) is 0.375. The molecule has 134 valence electrons. The van der Waals surface area contributed by atoms with E-state index in [2.05, 4.69) is 5.32 Å². The lowest BCUT2D eigenvalue weighted by Crippen LogP contribution is -2.29. The first-order valence-electron chi connectivity index (χ1n) is 7.74. The van der Waals surface area contributed by atoms with Crippen molar-refractivity contribution in [3.63, 3.8) is 0 Å². The molecule has 1 fully saturated rings. The lowest BCUT2D eigenvalue weighted by molar-refractivity contribution is -0.137. The van der Waals surface area contributed by atoms with Crippen LogP contribution in [0, 0.1) is 0 Å². The van der Waals surface area contributed by atoms with Gasteiger partial charge < -0.3 is 14.8 Å². The number of furan rings is 1. The van der Waals surface area contributed by atoms with Crippen LogP contribution in [-0.4, -0.2) is 45.2 Å². The molecule has 1 aliphatic rings. The maximum absolute atomic E-state index is 12.4. The van der Waals surface area contributed by atoms with Gasteiger partial charge in [-0.15, -0.1) is 0 Å². The molecule has 2 rings (SSSR count). The lowest BCUT2D eigenvalue weighted by Gasteiger charge is -2.13. The summed E-state index contributed by atoms with van der Waals surface area (Å²) >= 11 is 6.49. The molecule has 2 N–H and O–H groups in total. The molecule has 0 unspecified atom stereocenters. The quantitative estimate of drug-likeness (QED) is 0.384. The van der Waals surface area contributed by atoms with Gasteiger partial charge in [0.15, 0.2) is 0 Å². The van der Waals surface area contributed by atoms with Crippen LogP contribution < -0.4 is 5.32 Å². The number of thioether (sulfide) groups is 1. The van der Waals surface area contributed by atoms with Gasteiger partial charge in [-0.2, -0.15) is 0 Å². The van der Waals surface area contributed by atoms with Gasteiger partial charge >= 0.3 is 5.97 Å². The minimum Gasteiger partial charge on any atom is -0.480 e. The predicted molar refractivity (Wildman–Crippen MR) is 97.7 cm³/mol. The third-order valence-electron chi connectivity index (χ3n) is 3.41.